The van der Waals surface area contributed by atoms with Crippen molar-refractivity contribution in [2.45, 2.75) is 32.4 Å². The molecule has 0 amide bonds. The fraction of sp³-hybridized carbons (Fsp3) is 0.435. The molecule has 0 atom stereocenters. The molecule has 0 saturated carbocycles. The lowest BCUT2D eigenvalue weighted by Gasteiger charge is -2.32. The van der Waals surface area contributed by atoms with E-state index in [0.29, 0.717) is 22.8 Å². The molecular weight excluding hydrogens is 464 g/mol. The van der Waals surface area contributed by atoms with Crippen molar-refractivity contribution in [2.75, 3.05) is 27.3 Å². The number of aryl methyl sites for hydroxylation is 1. The molecule has 3 aromatic rings. The van der Waals surface area contributed by atoms with Gasteiger partial charge in [0, 0.05) is 23.6 Å². The van der Waals surface area contributed by atoms with E-state index in [-0.39, 0.29) is 5.56 Å². The Bertz CT molecular complexity index is 1070. The van der Waals surface area contributed by atoms with Gasteiger partial charge in [0.2, 0.25) is 0 Å². The van der Waals surface area contributed by atoms with Crippen molar-refractivity contribution in [3.63, 3.8) is 0 Å². The third-order valence-electron chi connectivity index (χ3n) is 5.89. The quantitative estimate of drug-likeness (QED) is 0.459. The van der Waals surface area contributed by atoms with Crippen LogP contribution < -0.4 is 15.0 Å². The minimum absolute atomic E-state index is 0.0723. The molecule has 0 bridgehead atoms. The molecule has 1 aromatic heterocycles. The molecule has 160 valence electrons. The largest absolute Gasteiger partial charge is 0.493 e. The molecule has 7 heteroatoms. The molecule has 0 radical (unpaired) electrons. The van der Waals surface area contributed by atoms with Gasteiger partial charge >= 0.3 is 0 Å². The Kier molecular flexibility index (Phi) is 6.80. The first-order chi connectivity index (χ1) is 14.6. The van der Waals surface area contributed by atoms with Crippen molar-refractivity contribution in [3.05, 3.63) is 56.8 Å². The second-order valence-corrected chi connectivity index (χ2v) is 9.82. The number of benzene rings is 2. The molecule has 1 fully saturated rings. The zero-order valence-electron chi connectivity index (χ0n) is 17.4. The van der Waals surface area contributed by atoms with Gasteiger partial charge in [-0.05, 0) is 62.0 Å². The van der Waals surface area contributed by atoms with E-state index in [1.165, 1.54) is 29.9 Å². The first kappa shape index (κ1) is 21.4. The lowest BCUT2D eigenvalue weighted by Crippen LogP contribution is -2.33. The van der Waals surface area contributed by atoms with Crippen LogP contribution in [0.2, 0.25) is 0 Å². The molecule has 1 aliphatic rings. The molecule has 0 unspecified atom stereocenters. The topological polar surface area (TPSA) is 43.7 Å². The van der Waals surface area contributed by atoms with Crippen LogP contribution in [0.15, 0.2) is 45.7 Å². The van der Waals surface area contributed by atoms with Crippen LogP contribution in [0.4, 0.5) is 0 Å². The number of likely N-dealkylation sites (tertiary alicyclic amines) is 1. The molecule has 2 heterocycles. The maximum atomic E-state index is 12.8. The monoisotopic (exact) mass is 490 g/mol. The maximum Gasteiger partial charge on any atom is 0.268 e. The van der Waals surface area contributed by atoms with Crippen LogP contribution in [0.5, 0.6) is 11.5 Å². The summed E-state index contributed by atoms with van der Waals surface area (Å²) in [6, 6.07) is 12.2. The van der Waals surface area contributed by atoms with Gasteiger partial charge < -0.3 is 9.47 Å². The van der Waals surface area contributed by atoms with Crippen molar-refractivity contribution < 1.29 is 9.47 Å². The van der Waals surface area contributed by atoms with Crippen molar-refractivity contribution in [3.8, 4) is 11.5 Å². The third-order valence-corrected chi connectivity index (χ3v) is 7.49. The molecule has 0 N–H and O–H groups in total. The van der Waals surface area contributed by atoms with E-state index in [1.807, 2.05) is 10.0 Å². The Balaban J connectivity index is 1.35. The summed E-state index contributed by atoms with van der Waals surface area (Å²) in [6.07, 6.45) is 3.43. The zero-order valence-corrected chi connectivity index (χ0v) is 19.8. The standard InChI is InChI=1S/C23H27BrN2O3S/c1-28-20-13-19-22(14-21(20)29-2)30-26(23(19)27)11-8-16-6-9-25(10-7-16)15-17-4-3-5-18(24)12-17/h3-5,12-14,16H,6-11,15H2,1-2H3. The van der Waals surface area contributed by atoms with Gasteiger partial charge in [0.1, 0.15) is 0 Å². The van der Waals surface area contributed by atoms with Crippen molar-refractivity contribution in [1.82, 2.24) is 8.86 Å². The third kappa shape index (κ3) is 4.74. The van der Waals surface area contributed by atoms with Gasteiger partial charge in [-0.1, -0.05) is 39.6 Å². The normalized spacial score (nSPS) is 15.6. The van der Waals surface area contributed by atoms with Gasteiger partial charge in [-0.2, -0.15) is 0 Å². The van der Waals surface area contributed by atoms with Crippen LogP contribution >= 0.6 is 27.5 Å². The summed E-state index contributed by atoms with van der Waals surface area (Å²) in [5, 5.41) is 0.710. The molecule has 1 saturated heterocycles. The molecule has 5 nitrogen and oxygen atoms in total. The number of aromatic nitrogens is 1. The number of halogens is 1. The number of fused-ring (bicyclic) bond motifs is 1. The van der Waals surface area contributed by atoms with Gasteiger partial charge in [0.25, 0.3) is 5.56 Å². The Morgan fingerprint density at radius 3 is 2.53 bits per heavy atom. The van der Waals surface area contributed by atoms with Gasteiger partial charge in [0.15, 0.2) is 11.5 Å². The number of hydrogen-bond acceptors (Lipinski definition) is 5. The first-order valence-corrected chi connectivity index (χ1v) is 11.9. The predicted molar refractivity (Wildman–Crippen MR) is 126 cm³/mol. The molecule has 4 rings (SSSR count). The minimum Gasteiger partial charge on any atom is -0.493 e. The highest BCUT2D eigenvalue weighted by Gasteiger charge is 2.20. The average Bonchev–Trinajstić information content (AvgIpc) is 3.07. The molecule has 1 aliphatic heterocycles. The molecule has 2 aromatic carbocycles. The van der Waals surface area contributed by atoms with Gasteiger partial charge in [-0.3, -0.25) is 13.7 Å². The fourth-order valence-corrected chi connectivity index (χ4v) is 5.64. The second kappa shape index (κ2) is 9.54. The van der Waals surface area contributed by atoms with Crippen LogP contribution in [-0.4, -0.2) is 36.2 Å². The van der Waals surface area contributed by atoms with E-state index in [4.69, 9.17) is 9.47 Å². The van der Waals surface area contributed by atoms with Crippen LogP contribution in [0.3, 0.4) is 0 Å². The van der Waals surface area contributed by atoms with E-state index < -0.39 is 0 Å². The number of piperidine rings is 1. The molecule has 0 spiro atoms. The number of nitrogens with zero attached hydrogens (tertiary/aromatic N) is 2. The van der Waals surface area contributed by atoms with E-state index >= 15 is 0 Å². The van der Waals surface area contributed by atoms with E-state index in [1.54, 1.807) is 20.3 Å². The summed E-state index contributed by atoms with van der Waals surface area (Å²) >= 11 is 5.07. The predicted octanol–water partition coefficient (Wildman–Crippen LogP) is 5.15. The summed E-state index contributed by atoms with van der Waals surface area (Å²) in [5.74, 6) is 1.94. The Labute approximate surface area is 189 Å². The number of methoxy groups -OCH3 is 2. The van der Waals surface area contributed by atoms with Gasteiger partial charge in [0.05, 0.1) is 24.3 Å². The van der Waals surface area contributed by atoms with Crippen molar-refractivity contribution in [2.24, 2.45) is 5.92 Å². The Morgan fingerprint density at radius 1 is 1.10 bits per heavy atom. The van der Waals surface area contributed by atoms with E-state index in [9.17, 15) is 4.79 Å². The molecule has 30 heavy (non-hydrogen) atoms. The Hall–Kier alpha value is -1.83. The summed E-state index contributed by atoms with van der Waals surface area (Å²) in [7, 11) is 3.21. The van der Waals surface area contributed by atoms with Gasteiger partial charge in [-0.25, -0.2) is 0 Å². The summed E-state index contributed by atoms with van der Waals surface area (Å²) in [5.41, 5.74) is 1.42. The average molecular weight is 491 g/mol. The van der Waals surface area contributed by atoms with Crippen molar-refractivity contribution >= 4 is 37.5 Å². The van der Waals surface area contributed by atoms with E-state index in [2.05, 4.69) is 45.1 Å². The summed E-state index contributed by atoms with van der Waals surface area (Å²) in [4.78, 5) is 15.3. The SMILES string of the molecule is COc1cc2sn(CCC3CCN(Cc4cccc(Br)c4)CC3)c(=O)c2cc1OC. The second-order valence-electron chi connectivity index (χ2n) is 7.84. The van der Waals surface area contributed by atoms with E-state index in [0.717, 1.165) is 41.8 Å². The van der Waals surface area contributed by atoms with Crippen molar-refractivity contribution in [1.29, 1.82) is 0 Å². The van der Waals surface area contributed by atoms with Crippen LogP contribution in [0.25, 0.3) is 10.1 Å². The number of ether oxygens (including phenoxy) is 2. The van der Waals surface area contributed by atoms with Crippen LogP contribution in [-0.2, 0) is 13.1 Å². The lowest BCUT2D eigenvalue weighted by molar-refractivity contribution is 0.170. The van der Waals surface area contributed by atoms with Gasteiger partial charge in [-0.15, -0.1) is 0 Å². The zero-order chi connectivity index (χ0) is 21.1. The fourth-order valence-electron chi connectivity index (χ4n) is 4.17. The lowest BCUT2D eigenvalue weighted by atomic mass is 9.93. The smallest absolute Gasteiger partial charge is 0.268 e. The highest BCUT2D eigenvalue weighted by atomic mass is 79.9. The minimum atomic E-state index is 0.0723. The van der Waals surface area contributed by atoms with Crippen LogP contribution in [0, 0.1) is 5.92 Å². The Morgan fingerprint density at radius 2 is 1.83 bits per heavy atom. The highest BCUT2D eigenvalue weighted by molar-refractivity contribution is 9.10. The molecular formula is C23H27BrN2O3S. The number of hydrogen-bond donors (Lipinski definition) is 0. The first-order valence-electron chi connectivity index (χ1n) is 10.3. The highest BCUT2D eigenvalue weighted by Crippen LogP contribution is 2.33. The maximum absolute atomic E-state index is 12.8. The summed E-state index contributed by atoms with van der Waals surface area (Å²) in [6.45, 7) is 4.02. The summed E-state index contributed by atoms with van der Waals surface area (Å²) < 4.78 is 14.7. The number of rotatable bonds is 7. The molecule has 0 aliphatic carbocycles. The van der Waals surface area contributed by atoms with Crippen LogP contribution in [0.1, 0.15) is 24.8 Å².